The summed E-state index contributed by atoms with van der Waals surface area (Å²) in [6.45, 7) is 2.07. The minimum atomic E-state index is -0.882. The Balaban J connectivity index is 2.17. The highest BCUT2D eigenvalue weighted by atomic mass is 16.4. The Morgan fingerprint density at radius 1 is 1.47 bits per heavy atom. The predicted octanol–water partition coefficient (Wildman–Crippen LogP) is 1.53. The number of aromatic carboxylic acids is 1. The van der Waals surface area contributed by atoms with Crippen molar-refractivity contribution >= 4 is 5.97 Å². The molecule has 1 fully saturated rings. The number of piperidine rings is 1. The average molecular weight is 234 g/mol. The highest BCUT2D eigenvalue weighted by Crippen LogP contribution is 2.25. The fraction of sp³-hybridized carbons (Fsp3) is 0.462. The van der Waals surface area contributed by atoms with Gasteiger partial charge in [0.25, 0.3) is 0 Å². The second-order valence-corrected chi connectivity index (χ2v) is 4.68. The zero-order chi connectivity index (χ0) is 12.4. The lowest BCUT2D eigenvalue weighted by Crippen LogP contribution is -2.48. The first kappa shape index (κ1) is 12.1. The van der Waals surface area contributed by atoms with Gasteiger partial charge in [0.15, 0.2) is 0 Å². The molecule has 0 radical (unpaired) electrons. The third-order valence-electron chi connectivity index (χ3n) is 3.43. The molecule has 4 heteroatoms. The third-order valence-corrected chi connectivity index (χ3v) is 3.43. The van der Waals surface area contributed by atoms with E-state index < -0.39 is 5.97 Å². The summed E-state index contributed by atoms with van der Waals surface area (Å²) in [7, 11) is 0. The van der Waals surface area contributed by atoms with Crippen LogP contribution in [0, 0.1) is 0 Å². The minimum Gasteiger partial charge on any atom is -0.478 e. The van der Waals surface area contributed by atoms with E-state index in [1.54, 1.807) is 18.2 Å². The first-order valence-corrected chi connectivity index (χ1v) is 5.93. The topological polar surface area (TPSA) is 75.3 Å². The average Bonchev–Trinajstić information content (AvgIpc) is 2.33. The van der Waals surface area contributed by atoms with Gasteiger partial charge in [0.05, 0.1) is 5.56 Å². The Morgan fingerprint density at radius 3 is 2.88 bits per heavy atom. The highest BCUT2D eigenvalue weighted by molar-refractivity contribution is 5.87. The lowest BCUT2D eigenvalue weighted by molar-refractivity contribution is 0.0696. The van der Waals surface area contributed by atoms with Crippen molar-refractivity contribution in [3.63, 3.8) is 0 Å². The van der Waals surface area contributed by atoms with Crippen molar-refractivity contribution in [3.05, 3.63) is 35.4 Å². The van der Waals surface area contributed by atoms with E-state index in [1.807, 2.05) is 6.07 Å². The number of nitrogens with one attached hydrogen (secondary N) is 1. The van der Waals surface area contributed by atoms with Crippen LogP contribution >= 0.6 is 0 Å². The van der Waals surface area contributed by atoms with Gasteiger partial charge in [-0.3, -0.25) is 0 Å². The van der Waals surface area contributed by atoms with Crippen molar-refractivity contribution in [3.8, 4) is 0 Å². The van der Waals surface area contributed by atoms with Crippen LogP contribution in [0.3, 0.4) is 0 Å². The Labute approximate surface area is 101 Å². The SMILES string of the molecule is CC1NC(c2cccc(C(=O)O)c2)CCC1N. The van der Waals surface area contributed by atoms with Crippen LogP contribution < -0.4 is 11.1 Å². The maximum Gasteiger partial charge on any atom is 0.335 e. The molecule has 1 aromatic carbocycles. The molecule has 1 heterocycles. The molecule has 3 unspecified atom stereocenters. The van der Waals surface area contributed by atoms with Crippen LogP contribution in [-0.2, 0) is 0 Å². The maximum atomic E-state index is 10.9. The molecule has 1 aliphatic rings. The van der Waals surface area contributed by atoms with E-state index in [2.05, 4.69) is 12.2 Å². The molecule has 2 rings (SSSR count). The minimum absolute atomic E-state index is 0.189. The predicted molar refractivity (Wildman–Crippen MR) is 65.9 cm³/mol. The Kier molecular flexibility index (Phi) is 3.45. The molecule has 92 valence electrons. The van der Waals surface area contributed by atoms with Gasteiger partial charge in [-0.2, -0.15) is 0 Å². The number of nitrogens with two attached hydrogens (primary N) is 1. The van der Waals surface area contributed by atoms with E-state index in [0.717, 1.165) is 18.4 Å². The number of benzene rings is 1. The molecule has 1 saturated heterocycles. The monoisotopic (exact) mass is 234 g/mol. The van der Waals surface area contributed by atoms with Gasteiger partial charge >= 0.3 is 5.97 Å². The first-order valence-electron chi connectivity index (χ1n) is 5.93. The van der Waals surface area contributed by atoms with Crippen LogP contribution in [0.4, 0.5) is 0 Å². The van der Waals surface area contributed by atoms with Crippen LogP contribution in [0.25, 0.3) is 0 Å². The van der Waals surface area contributed by atoms with Crippen molar-refractivity contribution in [2.75, 3.05) is 0 Å². The largest absolute Gasteiger partial charge is 0.478 e. The van der Waals surface area contributed by atoms with E-state index in [4.69, 9.17) is 10.8 Å². The van der Waals surface area contributed by atoms with Gasteiger partial charge in [-0.1, -0.05) is 12.1 Å². The van der Waals surface area contributed by atoms with E-state index in [1.165, 1.54) is 0 Å². The van der Waals surface area contributed by atoms with Crippen molar-refractivity contribution in [2.45, 2.75) is 37.9 Å². The number of carbonyl (C=O) groups is 1. The summed E-state index contributed by atoms with van der Waals surface area (Å²) < 4.78 is 0. The van der Waals surface area contributed by atoms with Crippen molar-refractivity contribution in [1.29, 1.82) is 0 Å². The number of rotatable bonds is 2. The summed E-state index contributed by atoms with van der Waals surface area (Å²) in [6.07, 6.45) is 1.92. The molecule has 0 spiro atoms. The van der Waals surface area contributed by atoms with Gasteiger partial charge < -0.3 is 16.2 Å². The van der Waals surface area contributed by atoms with Crippen LogP contribution in [0.2, 0.25) is 0 Å². The Bertz CT molecular complexity index is 420. The lowest BCUT2D eigenvalue weighted by atomic mass is 9.90. The van der Waals surface area contributed by atoms with E-state index in [-0.39, 0.29) is 18.1 Å². The zero-order valence-corrected chi connectivity index (χ0v) is 9.89. The number of carboxylic acid groups (broad SMARTS) is 1. The quantitative estimate of drug-likeness (QED) is 0.725. The fourth-order valence-corrected chi connectivity index (χ4v) is 2.28. The first-order chi connectivity index (χ1) is 8.08. The van der Waals surface area contributed by atoms with Crippen LogP contribution in [0.1, 0.15) is 41.7 Å². The van der Waals surface area contributed by atoms with Crippen molar-refractivity contribution in [2.24, 2.45) is 5.73 Å². The van der Waals surface area contributed by atoms with E-state index >= 15 is 0 Å². The number of carboxylic acids is 1. The summed E-state index contributed by atoms with van der Waals surface area (Å²) in [6, 6.07) is 7.78. The van der Waals surface area contributed by atoms with Gasteiger partial charge in [0.2, 0.25) is 0 Å². The Hall–Kier alpha value is -1.39. The molecule has 17 heavy (non-hydrogen) atoms. The lowest BCUT2D eigenvalue weighted by Gasteiger charge is -2.33. The molecule has 0 aliphatic carbocycles. The number of hydrogen-bond acceptors (Lipinski definition) is 3. The molecular weight excluding hydrogens is 216 g/mol. The Morgan fingerprint density at radius 2 is 2.24 bits per heavy atom. The zero-order valence-electron chi connectivity index (χ0n) is 9.89. The standard InChI is InChI=1S/C13H18N2O2/c1-8-11(14)5-6-12(15-8)9-3-2-4-10(7-9)13(16)17/h2-4,7-8,11-12,15H,5-6,14H2,1H3,(H,16,17). The molecule has 4 nitrogen and oxygen atoms in total. The fourth-order valence-electron chi connectivity index (χ4n) is 2.28. The summed E-state index contributed by atoms with van der Waals surface area (Å²) in [5.74, 6) is -0.882. The number of hydrogen-bond donors (Lipinski definition) is 3. The molecule has 1 aromatic rings. The van der Waals surface area contributed by atoms with Gasteiger partial charge in [-0.25, -0.2) is 4.79 Å². The molecular formula is C13H18N2O2. The van der Waals surface area contributed by atoms with Crippen LogP contribution in [-0.4, -0.2) is 23.2 Å². The summed E-state index contributed by atoms with van der Waals surface area (Å²) in [5.41, 5.74) is 7.31. The van der Waals surface area contributed by atoms with Crippen molar-refractivity contribution in [1.82, 2.24) is 5.32 Å². The van der Waals surface area contributed by atoms with Crippen LogP contribution in [0.5, 0.6) is 0 Å². The summed E-state index contributed by atoms with van der Waals surface area (Å²) in [5, 5.41) is 12.4. The molecule has 0 saturated carbocycles. The van der Waals surface area contributed by atoms with Crippen LogP contribution in [0.15, 0.2) is 24.3 Å². The second kappa shape index (κ2) is 4.85. The molecule has 0 amide bonds. The summed E-state index contributed by atoms with van der Waals surface area (Å²) >= 11 is 0. The van der Waals surface area contributed by atoms with E-state index in [9.17, 15) is 4.79 Å². The second-order valence-electron chi connectivity index (χ2n) is 4.68. The molecule has 0 aromatic heterocycles. The maximum absolute atomic E-state index is 10.9. The third kappa shape index (κ3) is 2.65. The van der Waals surface area contributed by atoms with Crippen molar-refractivity contribution < 1.29 is 9.90 Å². The van der Waals surface area contributed by atoms with Gasteiger partial charge in [-0.15, -0.1) is 0 Å². The molecule has 0 bridgehead atoms. The molecule has 1 aliphatic heterocycles. The normalized spacial score (nSPS) is 28.9. The molecule has 4 N–H and O–H groups in total. The smallest absolute Gasteiger partial charge is 0.335 e. The van der Waals surface area contributed by atoms with E-state index in [0.29, 0.717) is 5.56 Å². The summed E-state index contributed by atoms with van der Waals surface area (Å²) in [4.78, 5) is 10.9. The van der Waals surface area contributed by atoms with Gasteiger partial charge in [-0.05, 0) is 37.5 Å². The highest BCUT2D eigenvalue weighted by Gasteiger charge is 2.25. The van der Waals surface area contributed by atoms with Gasteiger partial charge in [0, 0.05) is 18.1 Å². The van der Waals surface area contributed by atoms with Gasteiger partial charge in [0.1, 0.15) is 0 Å². The molecule has 3 atom stereocenters.